The quantitative estimate of drug-likeness (QED) is 0.804. The van der Waals surface area contributed by atoms with Crippen molar-refractivity contribution in [2.24, 2.45) is 5.92 Å². The maximum absolute atomic E-state index is 3.51. The van der Waals surface area contributed by atoms with E-state index in [1.54, 1.807) is 0 Å². The molecule has 0 spiro atoms. The van der Waals surface area contributed by atoms with Gasteiger partial charge in [-0.25, -0.2) is 0 Å². The molecule has 1 saturated carbocycles. The highest BCUT2D eigenvalue weighted by atomic mass is 14.9. The first-order valence-corrected chi connectivity index (χ1v) is 6.14. The van der Waals surface area contributed by atoms with Crippen molar-refractivity contribution in [2.45, 2.75) is 19.3 Å². The third-order valence-electron chi connectivity index (χ3n) is 3.33. The molecule has 1 nitrogen and oxygen atoms in total. The lowest BCUT2D eigenvalue weighted by Crippen LogP contribution is -2.01. The molecule has 0 saturated heterocycles. The predicted molar refractivity (Wildman–Crippen MR) is 69.8 cm³/mol. The number of nitrogens with one attached hydrogen (secondary N) is 1. The Labute approximate surface area is 96.5 Å². The van der Waals surface area contributed by atoms with Crippen molar-refractivity contribution < 1.29 is 0 Å². The van der Waals surface area contributed by atoms with Crippen LogP contribution in [0.4, 0.5) is 5.69 Å². The molecule has 0 aliphatic heterocycles. The van der Waals surface area contributed by atoms with Gasteiger partial charge in [-0.1, -0.05) is 43.2 Å². The van der Waals surface area contributed by atoms with Gasteiger partial charge in [-0.3, -0.25) is 0 Å². The van der Waals surface area contributed by atoms with Crippen molar-refractivity contribution in [3.05, 3.63) is 42.5 Å². The molecule has 1 heteroatoms. The van der Waals surface area contributed by atoms with Crippen LogP contribution < -0.4 is 5.32 Å². The summed E-state index contributed by atoms with van der Waals surface area (Å²) in [4.78, 5) is 0. The fourth-order valence-electron chi connectivity index (χ4n) is 2.13. The van der Waals surface area contributed by atoms with Gasteiger partial charge < -0.3 is 5.32 Å². The minimum Gasteiger partial charge on any atom is -0.385 e. The average molecular weight is 211 g/mol. The van der Waals surface area contributed by atoms with Gasteiger partial charge in [0, 0.05) is 12.2 Å². The lowest BCUT2D eigenvalue weighted by Gasteiger charge is -2.06. The Bertz CT molecular complexity index is 486. The first-order valence-electron chi connectivity index (χ1n) is 6.14. The number of rotatable bonds is 4. The van der Waals surface area contributed by atoms with Crippen LogP contribution in [0.15, 0.2) is 42.5 Å². The molecular formula is C15H17N. The summed E-state index contributed by atoms with van der Waals surface area (Å²) in [7, 11) is 0. The topological polar surface area (TPSA) is 12.0 Å². The van der Waals surface area contributed by atoms with Crippen LogP contribution in [0.25, 0.3) is 10.8 Å². The van der Waals surface area contributed by atoms with Gasteiger partial charge >= 0.3 is 0 Å². The molecule has 0 aromatic heterocycles. The molecule has 1 aliphatic rings. The highest BCUT2D eigenvalue weighted by Crippen LogP contribution is 2.32. The Kier molecular flexibility index (Phi) is 2.53. The van der Waals surface area contributed by atoms with Crippen molar-refractivity contribution in [1.29, 1.82) is 0 Å². The van der Waals surface area contributed by atoms with Gasteiger partial charge in [-0.2, -0.15) is 0 Å². The monoisotopic (exact) mass is 211 g/mol. The van der Waals surface area contributed by atoms with Crippen LogP contribution in [-0.4, -0.2) is 6.54 Å². The average Bonchev–Trinajstić information content (AvgIpc) is 3.13. The fraction of sp³-hybridized carbons (Fsp3) is 0.333. The van der Waals surface area contributed by atoms with Gasteiger partial charge in [0.25, 0.3) is 0 Å². The van der Waals surface area contributed by atoms with E-state index in [9.17, 15) is 0 Å². The molecule has 2 aromatic carbocycles. The zero-order valence-electron chi connectivity index (χ0n) is 9.45. The second-order valence-electron chi connectivity index (χ2n) is 4.72. The van der Waals surface area contributed by atoms with Gasteiger partial charge in [0.1, 0.15) is 0 Å². The molecule has 1 N–H and O–H groups in total. The van der Waals surface area contributed by atoms with Crippen LogP contribution in [0.5, 0.6) is 0 Å². The predicted octanol–water partition coefficient (Wildman–Crippen LogP) is 4.05. The highest BCUT2D eigenvalue weighted by molar-refractivity contribution is 5.85. The molecule has 1 aliphatic carbocycles. The highest BCUT2D eigenvalue weighted by Gasteiger charge is 2.19. The minimum absolute atomic E-state index is 1.01. The number of fused-ring (bicyclic) bond motifs is 1. The van der Waals surface area contributed by atoms with Crippen molar-refractivity contribution in [3.63, 3.8) is 0 Å². The van der Waals surface area contributed by atoms with Crippen LogP contribution in [0.1, 0.15) is 19.3 Å². The second kappa shape index (κ2) is 4.17. The van der Waals surface area contributed by atoms with Gasteiger partial charge in [0.2, 0.25) is 0 Å². The Morgan fingerprint density at radius 3 is 2.62 bits per heavy atom. The fourth-order valence-corrected chi connectivity index (χ4v) is 2.13. The molecule has 3 rings (SSSR count). The van der Waals surface area contributed by atoms with Gasteiger partial charge in [0.05, 0.1) is 0 Å². The molecule has 2 aromatic rings. The Morgan fingerprint density at radius 2 is 1.81 bits per heavy atom. The molecular weight excluding hydrogens is 194 g/mol. The third kappa shape index (κ3) is 2.19. The first kappa shape index (κ1) is 9.71. The lowest BCUT2D eigenvalue weighted by atomic mass is 10.1. The maximum atomic E-state index is 3.51. The molecule has 82 valence electrons. The number of benzene rings is 2. The summed E-state index contributed by atoms with van der Waals surface area (Å²) >= 11 is 0. The Hall–Kier alpha value is -1.50. The Balaban J connectivity index is 1.71. The van der Waals surface area contributed by atoms with E-state index in [0.29, 0.717) is 0 Å². The van der Waals surface area contributed by atoms with Gasteiger partial charge in [-0.15, -0.1) is 0 Å². The van der Waals surface area contributed by atoms with Crippen LogP contribution in [0.3, 0.4) is 0 Å². The molecule has 0 atom stereocenters. The van der Waals surface area contributed by atoms with Crippen molar-refractivity contribution in [2.75, 3.05) is 11.9 Å². The minimum atomic E-state index is 1.01. The summed E-state index contributed by atoms with van der Waals surface area (Å²) in [5.41, 5.74) is 1.25. The zero-order chi connectivity index (χ0) is 10.8. The Morgan fingerprint density at radius 1 is 1.00 bits per heavy atom. The number of hydrogen-bond donors (Lipinski definition) is 1. The van der Waals surface area contributed by atoms with Crippen molar-refractivity contribution >= 4 is 16.5 Å². The van der Waals surface area contributed by atoms with E-state index in [-0.39, 0.29) is 0 Å². The second-order valence-corrected chi connectivity index (χ2v) is 4.72. The van der Waals surface area contributed by atoms with E-state index in [1.165, 1.54) is 35.7 Å². The standard InChI is InChI=1S/C15H17N/c1-2-4-14-11-15(8-7-13(14)3-1)16-10-9-12-5-6-12/h1-4,7-8,11-12,16H,5-6,9-10H2. The van der Waals surface area contributed by atoms with Crippen LogP contribution >= 0.6 is 0 Å². The van der Waals surface area contributed by atoms with Gasteiger partial charge in [0.15, 0.2) is 0 Å². The van der Waals surface area contributed by atoms with Crippen LogP contribution in [-0.2, 0) is 0 Å². The summed E-state index contributed by atoms with van der Waals surface area (Å²) in [5.74, 6) is 1.01. The summed E-state index contributed by atoms with van der Waals surface area (Å²) in [5, 5.41) is 6.14. The molecule has 16 heavy (non-hydrogen) atoms. The summed E-state index contributed by atoms with van der Waals surface area (Å²) in [6.45, 7) is 1.11. The maximum Gasteiger partial charge on any atom is 0.0346 e. The van der Waals surface area contributed by atoms with Crippen LogP contribution in [0.2, 0.25) is 0 Å². The van der Waals surface area contributed by atoms with E-state index in [4.69, 9.17) is 0 Å². The molecule has 0 unspecified atom stereocenters. The van der Waals surface area contributed by atoms with E-state index in [0.717, 1.165) is 12.5 Å². The summed E-state index contributed by atoms with van der Waals surface area (Å²) < 4.78 is 0. The normalized spacial score (nSPS) is 15.2. The number of anilines is 1. The van der Waals surface area contributed by atoms with Crippen molar-refractivity contribution in [1.82, 2.24) is 0 Å². The van der Waals surface area contributed by atoms with E-state index < -0.39 is 0 Å². The summed E-state index contributed by atoms with van der Waals surface area (Å²) in [6.07, 6.45) is 4.21. The molecule has 0 amide bonds. The SMILES string of the molecule is c1ccc2cc(NCCC3CC3)ccc2c1. The molecule has 0 bridgehead atoms. The largest absolute Gasteiger partial charge is 0.385 e. The third-order valence-corrected chi connectivity index (χ3v) is 3.33. The smallest absolute Gasteiger partial charge is 0.0346 e. The zero-order valence-corrected chi connectivity index (χ0v) is 9.45. The van der Waals surface area contributed by atoms with E-state index >= 15 is 0 Å². The number of hydrogen-bond acceptors (Lipinski definition) is 1. The molecule has 0 radical (unpaired) electrons. The van der Waals surface area contributed by atoms with Gasteiger partial charge in [-0.05, 0) is 35.2 Å². The van der Waals surface area contributed by atoms with Crippen molar-refractivity contribution in [3.8, 4) is 0 Å². The first-order chi connectivity index (χ1) is 7.92. The van der Waals surface area contributed by atoms with E-state index in [2.05, 4.69) is 47.8 Å². The van der Waals surface area contributed by atoms with Crippen LogP contribution in [0, 0.1) is 5.92 Å². The molecule has 1 fully saturated rings. The summed E-state index contributed by atoms with van der Waals surface area (Å²) in [6, 6.07) is 15.1. The lowest BCUT2D eigenvalue weighted by molar-refractivity contribution is 0.760. The van der Waals surface area contributed by atoms with E-state index in [1.807, 2.05) is 0 Å². The molecule has 0 heterocycles.